The van der Waals surface area contributed by atoms with E-state index in [4.69, 9.17) is 0 Å². The largest absolute Gasteiger partial charge is 0.744 e. The molecule has 0 atom stereocenters. The van der Waals surface area contributed by atoms with Crippen molar-refractivity contribution in [2.75, 3.05) is 53.3 Å². The van der Waals surface area contributed by atoms with Gasteiger partial charge in [0, 0.05) is 67.8 Å². The van der Waals surface area contributed by atoms with E-state index in [1.54, 1.807) is 0 Å². The second kappa shape index (κ2) is 11.1. The molecule has 0 amide bonds. The summed E-state index contributed by atoms with van der Waals surface area (Å²) in [5.74, 6) is 0. The van der Waals surface area contributed by atoms with Crippen LogP contribution in [0.25, 0.3) is 11.1 Å². The Kier molecular flexibility index (Phi) is 10.8. The Morgan fingerprint density at radius 1 is 0.500 bits per heavy atom. The molecule has 0 bridgehead atoms. The molecule has 6 nitrogen and oxygen atoms in total. The minimum Gasteiger partial charge on any atom is -0.744 e. The fraction of sp³-hybridized carbons (Fsp3) is 0.400. The van der Waals surface area contributed by atoms with Crippen molar-refractivity contribution in [3.05, 3.63) is 48.5 Å². The fourth-order valence-corrected chi connectivity index (χ4v) is 2.57. The van der Waals surface area contributed by atoms with Gasteiger partial charge in [-0.1, -0.05) is 24.3 Å². The third kappa shape index (κ3) is 15.0. The summed E-state index contributed by atoms with van der Waals surface area (Å²) in [6, 6.07) is 10.3. The normalized spacial score (nSPS) is 12.2. The Morgan fingerprint density at radius 3 is 0.800 bits per heavy atom. The Hall–Kier alpha value is -0.880. The second-order valence-electron chi connectivity index (χ2n) is 9.32. The van der Waals surface area contributed by atoms with Gasteiger partial charge >= 0.3 is 0 Å². The van der Waals surface area contributed by atoms with Crippen LogP contribution in [0.4, 0.5) is 0 Å². The number of hydrogen-bond acceptors (Lipinski definition) is 6. The Morgan fingerprint density at radius 2 is 0.667 bits per heavy atom. The molecule has 0 aromatic heterocycles. The highest BCUT2D eigenvalue weighted by Gasteiger charge is 2.05. The van der Waals surface area contributed by atoms with E-state index in [1.165, 1.54) is 24.3 Å². The van der Waals surface area contributed by atoms with Crippen molar-refractivity contribution in [3.63, 3.8) is 0 Å². The smallest absolute Gasteiger partial charge is 0.124 e. The van der Waals surface area contributed by atoms with E-state index in [9.17, 15) is 25.9 Å². The maximum atomic E-state index is 10.8. The first kappa shape index (κ1) is 29.1. The molecule has 0 spiro atoms. The van der Waals surface area contributed by atoms with Crippen molar-refractivity contribution in [2.45, 2.75) is 9.79 Å². The van der Waals surface area contributed by atoms with E-state index in [0.717, 1.165) is 24.3 Å². The van der Waals surface area contributed by atoms with Gasteiger partial charge in [0.2, 0.25) is 0 Å². The summed E-state index contributed by atoms with van der Waals surface area (Å²) in [6.45, 7) is 18.4. The van der Waals surface area contributed by atoms with Gasteiger partial charge in [-0.15, -0.1) is 0 Å². The van der Waals surface area contributed by atoms with Crippen LogP contribution in [0.5, 0.6) is 0 Å². The maximum Gasteiger partial charge on any atom is 0.124 e. The van der Waals surface area contributed by atoms with E-state index in [2.05, 4.69) is 53.3 Å². The predicted molar refractivity (Wildman–Crippen MR) is 129 cm³/mol. The van der Waals surface area contributed by atoms with Crippen molar-refractivity contribution in [3.8, 4) is 11.1 Å². The summed E-state index contributed by atoms with van der Waals surface area (Å²) < 4.78 is 64.7. The van der Waals surface area contributed by atoms with E-state index in [-0.39, 0.29) is 24.3 Å². The van der Waals surface area contributed by atoms with Crippen LogP contribution in [0.15, 0.2) is 58.3 Å². The summed E-state index contributed by atoms with van der Waals surface area (Å²) in [5, 5.41) is 0. The summed E-state index contributed by atoms with van der Waals surface area (Å²) >= 11 is 0. The van der Waals surface area contributed by atoms with Crippen molar-refractivity contribution in [1.82, 2.24) is 0 Å². The quantitative estimate of drug-likeness (QED) is 0.466. The van der Waals surface area contributed by atoms with E-state index < -0.39 is 20.2 Å². The highest BCUT2D eigenvalue weighted by Crippen LogP contribution is 2.40. The predicted octanol–water partition coefficient (Wildman–Crippen LogP) is 4.21. The summed E-state index contributed by atoms with van der Waals surface area (Å²) in [6.07, 6.45) is 0. The lowest BCUT2D eigenvalue weighted by Crippen LogP contribution is -1.98. The number of rotatable bonds is 3. The highest BCUT2D eigenvalue weighted by molar-refractivity contribution is 7.86. The summed E-state index contributed by atoms with van der Waals surface area (Å²) in [7, 11) is -9.77. The molecule has 2 rings (SSSR count). The van der Waals surface area contributed by atoms with Gasteiger partial charge < -0.3 is 9.11 Å². The Balaban J connectivity index is 0.000000702. The van der Waals surface area contributed by atoms with E-state index in [1.807, 2.05) is 0 Å². The van der Waals surface area contributed by atoms with Crippen molar-refractivity contribution >= 4 is 34.8 Å². The molecule has 0 N–H and O–H groups in total. The van der Waals surface area contributed by atoms with Gasteiger partial charge in [-0.05, 0) is 35.4 Å². The van der Waals surface area contributed by atoms with Gasteiger partial charge in [0.1, 0.15) is 20.2 Å². The molecule has 0 radical (unpaired) electrons. The van der Waals surface area contributed by atoms with Crippen LogP contribution in [0.1, 0.15) is 0 Å². The molecule has 30 heavy (non-hydrogen) atoms. The average molecular weight is 495 g/mol. The van der Waals surface area contributed by atoms with Crippen LogP contribution >= 0.6 is 14.5 Å². The van der Waals surface area contributed by atoms with Crippen LogP contribution in [0.2, 0.25) is 0 Å². The molecule has 0 unspecified atom stereocenters. The SMILES string of the molecule is C[P+](C)(C)C.C[P+](C)(C)C.O=S(=O)([O-])c1ccc(-c2ccc(S(=O)(=O)[O-])cc2)cc1. The minimum atomic E-state index is -4.50. The topological polar surface area (TPSA) is 114 Å². The van der Waals surface area contributed by atoms with Crippen LogP contribution in [0, 0.1) is 0 Å². The molecule has 0 saturated carbocycles. The lowest BCUT2D eigenvalue weighted by Gasteiger charge is -2.09. The zero-order chi connectivity index (χ0) is 24.0. The molecular weight excluding hydrogens is 462 g/mol. The summed E-state index contributed by atoms with van der Waals surface area (Å²) in [5.41, 5.74) is 1.18. The second-order valence-corrected chi connectivity index (χ2v) is 22.8. The molecule has 0 aliphatic rings. The van der Waals surface area contributed by atoms with Gasteiger partial charge in [0.05, 0.1) is 9.79 Å². The van der Waals surface area contributed by atoms with Gasteiger partial charge in [-0.3, -0.25) is 0 Å². The third-order valence-electron chi connectivity index (χ3n) is 2.62. The molecule has 10 heteroatoms. The average Bonchev–Trinajstić information content (AvgIpc) is 2.50. The van der Waals surface area contributed by atoms with Gasteiger partial charge in [0.25, 0.3) is 0 Å². The van der Waals surface area contributed by atoms with Crippen LogP contribution in [0.3, 0.4) is 0 Å². The molecule has 0 fully saturated rings. The van der Waals surface area contributed by atoms with E-state index >= 15 is 0 Å². The van der Waals surface area contributed by atoms with Gasteiger partial charge in [-0.2, -0.15) is 0 Å². The lowest BCUT2D eigenvalue weighted by molar-refractivity contribution is 0.461. The molecule has 170 valence electrons. The molecule has 0 saturated heterocycles. The highest BCUT2D eigenvalue weighted by atomic mass is 32.2. The third-order valence-corrected chi connectivity index (χ3v) is 4.32. The van der Waals surface area contributed by atoms with Gasteiger partial charge in [-0.25, -0.2) is 16.8 Å². The first-order valence-electron chi connectivity index (χ1n) is 8.88. The van der Waals surface area contributed by atoms with Crippen molar-refractivity contribution in [2.24, 2.45) is 0 Å². The standard InChI is InChI=1S/C12H10O6S2.2C4H12P/c13-19(14,15)11-5-1-9(2-6-11)10-3-7-12(8-4-10)20(16,17)18;2*1-5(2,3)4/h1-8H,(H,13,14,15)(H,16,17,18);2*1-4H3/q;2*+1/p-2. The molecule has 2 aromatic rings. The molecule has 0 aliphatic heterocycles. The zero-order valence-electron chi connectivity index (χ0n) is 18.8. The van der Waals surface area contributed by atoms with Crippen LogP contribution < -0.4 is 0 Å². The van der Waals surface area contributed by atoms with E-state index in [0.29, 0.717) is 11.1 Å². The van der Waals surface area contributed by atoms with Crippen LogP contribution in [-0.4, -0.2) is 79.3 Å². The van der Waals surface area contributed by atoms with Crippen molar-refractivity contribution in [1.29, 1.82) is 0 Å². The molecule has 0 heterocycles. The molecule has 2 aromatic carbocycles. The summed E-state index contributed by atoms with van der Waals surface area (Å²) in [4.78, 5) is -0.694. The Bertz CT molecular complexity index is 903. The van der Waals surface area contributed by atoms with Crippen molar-refractivity contribution < 1.29 is 25.9 Å². The van der Waals surface area contributed by atoms with Gasteiger partial charge in [0.15, 0.2) is 0 Å². The maximum absolute atomic E-state index is 10.8. The Labute approximate surface area is 183 Å². The number of benzene rings is 2. The van der Waals surface area contributed by atoms with Crippen LogP contribution in [-0.2, 0) is 20.2 Å². The first-order chi connectivity index (χ1) is 13.2. The fourth-order valence-electron chi connectivity index (χ4n) is 1.63. The first-order valence-corrected chi connectivity index (χ1v) is 18.9. The number of hydrogen-bond donors (Lipinski definition) is 0. The zero-order valence-corrected chi connectivity index (χ0v) is 22.2. The monoisotopic (exact) mass is 494 g/mol. The minimum absolute atomic E-state index is 0.347. The molecule has 0 aliphatic carbocycles. The molecular formula is C20H32O6P2S2. The lowest BCUT2D eigenvalue weighted by atomic mass is 10.1.